The molecule has 19 heavy (non-hydrogen) atoms. The van der Waals surface area contributed by atoms with Gasteiger partial charge >= 0.3 is 0 Å². The third-order valence-electron chi connectivity index (χ3n) is 4.37. The Morgan fingerprint density at radius 1 is 1.16 bits per heavy atom. The zero-order valence-electron chi connectivity index (χ0n) is 11.5. The summed E-state index contributed by atoms with van der Waals surface area (Å²) in [6.45, 7) is 4.31. The van der Waals surface area contributed by atoms with Gasteiger partial charge in [-0.25, -0.2) is 8.42 Å². The summed E-state index contributed by atoms with van der Waals surface area (Å²) in [4.78, 5) is 0. The van der Waals surface area contributed by atoms with Gasteiger partial charge in [0, 0.05) is 30.2 Å². The van der Waals surface area contributed by atoms with E-state index in [0.717, 1.165) is 11.1 Å². The van der Waals surface area contributed by atoms with Crippen LogP contribution in [0.1, 0.15) is 24.0 Å². The van der Waals surface area contributed by atoms with Crippen molar-refractivity contribution < 1.29 is 8.42 Å². The van der Waals surface area contributed by atoms with Crippen LogP contribution in [0.25, 0.3) is 0 Å². The van der Waals surface area contributed by atoms with Crippen molar-refractivity contribution in [3.63, 3.8) is 0 Å². The molecule has 0 amide bonds. The molecule has 1 aliphatic rings. The van der Waals surface area contributed by atoms with Crippen LogP contribution in [0.4, 0.5) is 0 Å². The molecule has 0 aliphatic heterocycles. The Kier molecular flexibility index (Phi) is 3.73. The average molecular weight is 282 g/mol. The van der Waals surface area contributed by atoms with Crippen molar-refractivity contribution in [1.82, 2.24) is 0 Å². The van der Waals surface area contributed by atoms with Gasteiger partial charge in [0.15, 0.2) is 9.84 Å². The molecule has 5 heteroatoms. The van der Waals surface area contributed by atoms with Crippen LogP contribution in [-0.4, -0.2) is 32.5 Å². The van der Waals surface area contributed by atoms with Crippen LogP contribution in [0.2, 0.25) is 0 Å². The lowest BCUT2D eigenvalue weighted by Gasteiger charge is -2.12. The number of sulfone groups is 1. The van der Waals surface area contributed by atoms with Gasteiger partial charge < -0.3 is 11.5 Å². The first-order valence-corrected chi connectivity index (χ1v) is 8.32. The van der Waals surface area contributed by atoms with Crippen LogP contribution in [0.15, 0.2) is 24.3 Å². The summed E-state index contributed by atoms with van der Waals surface area (Å²) < 4.78 is 24.5. The number of hydrogen-bond donors (Lipinski definition) is 2. The van der Waals surface area contributed by atoms with Crippen LogP contribution in [0.5, 0.6) is 0 Å². The molecular formula is C14H22N2O2S. The first kappa shape index (κ1) is 14.5. The van der Waals surface area contributed by atoms with E-state index in [9.17, 15) is 8.42 Å². The standard InChI is InChI=1S/C14H22N2O2S/c1-3-19(17,18)13-12(14(13,8-15)9-16)11-6-4-10(2)5-7-11/h4-7,12-13H,3,8-9,15-16H2,1-2H3. The fraction of sp³-hybridized carbons (Fsp3) is 0.571. The molecule has 2 unspecified atom stereocenters. The molecule has 1 fully saturated rings. The molecule has 1 aromatic rings. The molecule has 4 N–H and O–H groups in total. The minimum atomic E-state index is -3.12. The van der Waals surface area contributed by atoms with Crippen molar-refractivity contribution >= 4 is 9.84 Å². The van der Waals surface area contributed by atoms with Gasteiger partial charge in [-0.2, -0.15) is 0 Å². The number of benzene rings is 1. The fourth-order valence-corrected chi connectivity index (χ4v) is 5.23. The van der Waals surface area contributed by atoms with E-state index in [1.54, 1.807) is 6.92 Å². The molecule has 0 radical (unpaired) electrons. The number of aryl methyl sites for hydroxylation is 1. The second-order valence-corrected chi connectivity index (χ2v) is 7.81. The summed E-state index contributed by atoms with van der Waals surface area (Å²) in [6.07, 6.45) is 0. The molecule has 2 atom stereocenters. The Morgan fingerprint density at radius 3 is 2.11 bits per heavy atom. The molecule has 0 aromatic heterocycles. The summed E-state index contributed by atoms with van der Waals surface area (Å²) in [7, 11) is -3.12. The van der Waals surface area contributed by atoms with Crippen molar-refractivity contribution in [2.24, 2.45) is 16.9 Å². The van der Waals surface area contributed by atoms with Gasteiger partial charge in [-0.3, -0.25) is 0 Å². The molecule has 106 valence electrons. The molecule has 0 spiro atoms. The monoisotopic (exact) mass is 282 g/mol. The third-order valence-corrected chi connectivity index (χ3v) is 6.69. The molecule has 0 saturated heterocycles. The van der Waals surface area contributed by atoms with Gasteiger partial charge in [0.1, 0.15) is 0 Å². The van der Waals surface area contributed by atoms with Crippen LogP contribution in [0, 0.1) is 12.3 Å². The summed E-state index contributed by atoms with van der Waals surface area (Å²) in [5.41, 5.74) is 13.4. The Morgan fingerprint density at radius 2 is 1.68 bits per heavy atom. The van der Waals surface area contributed by atoms with Gasteiger partial charge in [0.2, 0.25) is 0 Å². The fourth-order valence-electron chi connectivity index (χ4n) is 3.05. The Labute approximate surface area is 115 Å². The molecular weight excluding hydrogens is 260 g/mol. The highest BCUT2D eigenvalue weighted by Crippen LogP contribution is 2.61. The molecule has 1 saturated carbocycles. The Bertz CT molecular complexity index is 547. The summed E-state index contributed by atoms with van der Waals surface area (Å²) in [5, 5.41) is -0.428. The van der Waals surface area contributed by atoms with Crippen LogP contribution < -0.4 is 11.5 Å². The lowest BCUT2D eigenvalue weighted by molar-refractivity contribution is 0.510. The van der Waals surface area contributed by atoms with Crippen molar-refractivity contribution in [1.29, 1.82) is 0 Å². The van der Waals surface area contributed by atoms with E-state index in [4.69, 9.17) is 11.5 Å². The maximum atomic E-state index is 12.2. The molecule has 1 aliphatic carbocycles. The van der Waals surface area contributed by atoms with Gasteiger partial charge in [-0.05, 0) is 12.5 Å². The van der Waals surface area contributed by atoms with Crippen molar-refractivity contribution in [2.45, 2.75) is 25.0 Å². The second kappa shape index (κ2) is 4.89. The van der Waals surface area contributed by atoms with Crippen molar-refractivity contribution in [2.75, 3.05) is 18.8 Å². The topological polar surface area (TPSA) is 86.2 Å². The van der Waals surface area contributed by atoms with E-state index < -0.39 is 20.5 Å². The quantitative estimate of drug-likeness (QED) is 0.836. The van der Waals surface area contributed by atoms with Crippen molar-refractivity contribution in [3.8, 4) is 0 Å². The highest BCUT2D eigenvalue weighted by molar-refractivity contribution is 7.92. The Hall–Kier alpha value is -0.910. The van der Waals surface area contributed by atoms with E-state index in [1.807, 2.05) is 31.2 Å². The number of rotatable bonds is 5. The number of nitrogens with two attached hydrogens (primary N) is 2. The van der Waals surface area contributed by atoms with Crippen LogP contribution in [-0.2, 0) is 9.84 Å². The first-order chi connectivity index (χ1) is 8.93. The highest BCUT2D eigenvalue weighted by Gasteiger charge is 2.68. The normalized spacial score (nSPS) is 25.3. The van der Waals surface area contributed by atoms with Crippen LogP contribution in [0.3, 0.4) is 0 Å². The molecule has 2 rings (SSSR count). The van der Waals surface area contributed by atoms with E-state index in [0.29, 0.717) is 13.1 Å². The van der Waals surface area contributed by atoms with Gasteiger partial charge in [-0.1, -0.05) is 36.8 Å². The maximum Gasteiger partial charge on any atom is 0.154 e. The lowest BCUT2D eigenvalue weighted by Crippen LogP contribution is -2.31. The summed E-state index contributed by atoms with van der Waals surface area (Å²) in [5.74, 6) is 0.0787. The Balaban J connectivity index is 2.42. The van der Waals surface area contributed by atoms with Gasteiger partial charge in [0.05, 0.1) is 5.25 Å². The van der Waals surface area contributed by atoms with Crippen LogP contribution >= 0.6 is 0 Å². The minimum Gasteiger partial charge on any atom is -0.330 e. The van der Waals surface area contributed by atoms with E-state index in [-0.39, 0.29) is 11.7 Å². The zero-order chi connectivity index (χ0) is 14.3. The summed E-state index contributed by atoms with van der Waals surface area (Å²) >= 11 is 0. The van der Waals surface area contributed by atoms with Crippen molar-refractivity contribution in [3.05, 3.63) is 35.4 Å². The SMILES string of the molecule is CCS(=O)(=O)C1C(c2ccc(C)cc2)C1(CN)CN. The summed E-state index contributed by atoms with van der Waals surface area (Å²) in [6, 6.07) is 7.98. The lowest BCUT2D eigenvalue weighted by atomic mass is 9.99. The average Bonchev–Trinajstić information content (AvgIpc) is 3.10. The molecule has 0 heterocycles. The highest BCUT2D eigenvalue weighted by atomic mass is 32.2. The number of hydrogen-bond acceptors (Lipinski definition) is 4. The molecule has 0 bridgehead atoms. The second-order valence-electron chi connectivity index (χ2n) is 5.40. The maximum absolute atomic E-state index is 12.2. The zero-order valence-corrected chi connectivity index (χ0v) is 12.3. The molecule has 4 nitrogen and oxygen atoms in total. The van der Waals surface area contributed by atoms with E-state index in [2.05, 4.69) is 0 Å². The van der Waals surface area contributed by atoms with Gasteiger partial charge in [0.25, 0.3) is 0 Å². The smallest absolute Gasteiger partial charge is 0.154 e. The van der Waals surface area contributed by atoms with E-state index >= 15 is 0 Å². The largest absolute Gasteiger partial charge is 0.330 e. The molecule has 1 aromatic carbocycles. The minimum absolute atomic E-state index is 0.0620. The van der Waals surface area contributed by atoms with E-state index in [1.165, 1.54) is 0 Å². The third kappa shape index (κ3) is 2.20. The van der Waals surface area contributed by atoms with Gasteiger partial charge in [-0.15, -0.1) is 0 Å². The predicted molar refractivity (Wildman–Crippen MR) is 77.7 cm³/mol. The first-order valence-electron chi connectivity index (χ1n) is 6.61. The predicted octanol–water partition coefficient (Wildman–Crippen LogP) is 0.799.